The first kappa shape index (κ1) is 38.6. The maximum atomic E-state index is 14.3. The van der Waals surface area contributed by atoms with Gasteiger partial charge in [0.1, 0.15) is 10.7 Å². The van der Waals surface area contributed by atoms with Crippen LogP contribution in [0.1, 0.15) is 46.5 Å². The van der Waals surface area contributed by atoms with E-state index in [1.807, 2.05) is 38.1 Å². The molecular formula is C41H36Cl2FN3O6S. The van der Waals surface area contributed by atoms with E-state index in [0.717, 1.165) is 22.8 Å². The number of sulfonamides is 1. The molecule has 0 saturated heterocycles. The molecule has 1 heterocycles. The molecule has 0 aromatic heterocycles. The van der Waals surface area contributed by atoms with Crippen LogP contribution in [0.25, 0.3) is 11.1 Å². The van der Waals surface area contributed by atoms with Crippen LogP contribution in [0, 0.1) is 11.7 Å². The van der Waals surface area contributed by atoms with Gasteiger partial charge in [0.25, 0.3) is 11.8 Å². The Balaban J connectivity index is 1.29. The number of fused-ring (bicyclic) bond motifs is 1. The van der Waals surface area contributed by atoms with Crippen molar-refractivity contribution in [1.82, 2.24) is 9.21 Å². The summed E-state index contributed by atoms with van der Waals surface area (Å²) in [4.78, 5) is 39.0. The maximum absolute atomic E-state index is 14.3. The summed E-state index contributed by atoms with van der Waals surface area (Å²) in [6.07, 6.45) is -0.0316. The number of Topliss-reactive ketones (excluding diaryl/α,β-unsaturated/α-hetero) is 1. The summed E-state index contributed by atoms with van der Waals surface area (Å²) >= 11 is 12.3. The van der Waals surface area contributed by atoms with Crippen LogP contribution in [-0.2, 0) is 45.7 Å². The van der Waals surface area contributed by atoms with Gasteiger partial charge in [-0.2, -0.15) is 4.31 Å². The molecule has 2 amide bonds. The van der Waals surface area contributed by atoms with E-state index in [-0.39, 0.29) is 53.7 Å². The number of hydrogen-bond acceptors (Lipinski definition) is 6. The number of benzene rings is 5. The highest BCUT2D eigenvalue weighted by Gasteiger charge is 2.30. The molecule has 5 aromatic rings. The summed E-state index contributed by atoms with van der Waals surface area (Å²) in [5.41, 5.74) is 5.03. The molecule has 1 aliphatic rings. The number of carbonyl (C=O) groups excluding carboxylic acids is 3. The van der Waals surface area contributed by atoms with Crippen molar-refractivity contribution >= 4 is 56.5 Å². The number of phenolic OH excluding ortho intramolecular Hbond substituents is 1. The number of nitrogens with one attached hydrogen (secondary N) is 1. The average molecular weight is 789 g/mol. The van der Waals surface area contributed by atoms with E-state index in [1.54, 1.807) is 59.5 Å². The van der Waals surface area contributed by atoms with Gasteiger partial charge in [-0.25, -0.2) is 12.8 Å². The van der Waals surface area contributed by atoms with Crippen molar-refractivity contribution in [2.24, 2.45) is 5.92 Å². The second-order valence-corrected chi connectivity index (χ2v) is 16.3. The van der Waals surface area contributed by atoms with Crippen LogP contribution < -0.4 is 5.32 Å². The van der Waals surface area contributed by atoms with Gasteiger partial charge in [0, 0.05) is 48.9 Å². The Hall–Kier alpha value is -5.07. The van der Waals surface area contributed by atoms with Crippen molar-refractivity contribution in [1.29, 1.82) is 0 Å². The Kier molecular flexibility index (Phi) is 11.5. The second-order valence-electron chi connectivity index (χ2n) is 13.5. The van der Waals surface area contributed by atoms with Gasteiger partial charge in [-0.3, -0.25) is 14.4 Å². The van der Waals surface area contributed by atoms with Gasteiger partial charge in [0.2, 0.25) is 15.8 Å². The Labute approximate surface area is 323 Å². The molecule has 6 rings (SSSR count). The number of anilines is 1. The molecule has 9 nitrogen and oxygen atoms in total. The lowest BCUT2D eigenvalue weighted by atomic mass is 9.99. The van der Waals surface area contributed by atoms with E-state index in [9.17, 15) is 32.3 Å². The number of halogens is 3. The monoisotopic (exact) mass is 787 g/mol. The molecule has 1 aliphatic heterocycles. The zero-order valence-corrected chi connectivity index (χ0v) is 31.7. The predicted octanol–water partition coefficient (Wildman–Crippen LogP) is 8.26. The molecule has 13 heteroatoms. The average Bonchev–Trinajstić information content (AvgIpc) is 3.13. The molecule has 0 bridgehead atoms. The van der Waals surface area contributed by atoms with Crippen LogP contribution in [0.4, 0.5) is 10.1 Å². The lowest BCUT2D eigenvalue weighted by molar-refractivity contribution is -0.134. The van der Waals surface area contributed by atoms with Crippen LogP contribution in [0.15, 0.2) is 108 Å². The molecule has 278 valence electrons. The van der Waals surface area contributed by atoms with Crippen LogP contribution in [0.5, 0.6) is 5.75 Å². The van der Waals surface area contributed by atoms with Crippen molar-refractivity contribution in [3.63, 3.8) is 0 Å². The molecular weight excluding hydrogens is 752 g/mol. The summed E-state index contributed by atoms with van der Waals surface area (Å²) in [6, 6.07) is 27.8. The van der Waals surface area contributed by atoms with Gasteiger partial charge >= 0.3 is 0 Å². The minimum atomic E-state index is -4.40. The normalized spacial score (nSPS) is 12.9. The molecule has 54 heavy (non-hydrogen) atoms. The molecule has 0 aliphatic carbocycles. The van der Waals surface area contributed by atoms with E-state index in [1.165, 1.54) is 22.5 Å². The van der Waals surface area contributed by atoms with Gasteiger partial charge < -0.3 is 15.3 Å². The SMILES string of the molecule is CC(C)CN(Cc1cccc(CN(Cc2ccc(-c3ccc(F)cc3)cc2)S(=O)(=O)c2cc(Cl)cc(Cl)c2O)c1)C(=O)c1ccc2c(c1)NC(=O)C(=O)C2. The Morgan fingerprint density at radius 1 is 0.833 bits per heavy atom. The van der Waals surface area contributed by atoms with Crippen molar-refractivity contribution < 1.29 is 32.3 Å². The van der Waals surface area contributed by atoms with E-state index in [4.69, 9.17) is 23.2 Å². The van der Waals surface area contributed by atoms with Gasteiger partial charge in [-0.05, 0) is 75.7 Å². The standard InChI is InChI=1S/C41H36Cl2FN3O6S/c1-25(2)21-46(41(51)32-11-10-31-18-37(48)40(50)45-36(31)17-32)22-27-4-3-5-28(16-27)24-47(54(52,53)38-20-33(42)19-35(43)39(38)49)23-26-6-8-29(9-7-26)30-12-14-34(44)15-13-30/h3-17,19-20,25,49H,18,21-24H2,1-2H3,(H,45,50). The molecule has 0 saturated carbocycles. The minimum Gasteiger partial charge on any atom is -0.505 e. The third-order valence-electron chi connectivity index (χ3n) is 8.91. The van der Waals surface area contributed by atoms with Crippen LogP contribution in [0.3, 0.4) is 0 Å². The van der Waals surface area contributed by atoms with E-state index >= 15 is 0 Å². The fourth-order valence-corrected chi connectivity index (χ4v) is 8.43. The third kappa shape index (κ3) is 8.82. The number of phenols is 1. The number of hydrogen-bond donors (Lipinski definition) is 2. The maximum Gasteiger partial charge on any atom is 0.292 e. The highest BCUT2D eigenvalue weighted by molar-refractivity contribution is 7.89. The van der Waals surface area contributed by atoms with Crippen LogP contribution in [0.2, 0.25) is 10.0 Å². The quantitative estimate of drug-likeness (QED) is 0.123. The van der Waals surface area contributed by atoms with E-state index < -0.39 is 32.4 Å². The van der Waals surface area contributed by atoms with Gasteiger partial charge in [0.05, 0.1) is 5.02 Å². The molecule has 0 spiro atoms. The lowest BCUT2D eigenvalue weighted by Crippen LogP contribution is -2.34. The fourth-order valence-electron chi connectivity index (χ4n) is 6.27. The van der Waals surface area contributed by atoms with Gasteiger partial charge in [-0.1, -0.05) is 104 Å². The summed E-state index contributed by atoms with van der Waals surface area (Å²) in [5, 5.41) is 13.2. The zero-order chi connectivity index (χ0) is 38.7. The molecule has 0 atom stereocenters. The number of aromatic hydroxyl groups is 1. The van der Waals surface area contributed by atoms with Crippen molar-refractivity contribution in [3.8, 4) is 16.9 Å². The molecule has 0 unspecified atom stereocenters. The van der Waals surface area contributed by atoms with Crippen LogP contribution in [-0.4, -0.2) is 46.9 Å². The highest BCUT2D eigenvalue weighted by Crippen LogP contribution is 2.37. The predicted molar refractivity (Wildman–Crippen MR) is 206 cm³/mol. The smallest absolute Gasteiger partial charge is 0.292 e. The number of amides is 2. The minimum absolute atomic E-state index is 0.0316. The lowest BCUT2D eigenvalue weighted by Gasteiger charge is -2.26. The second kappa shape index (κ2) is 16.1. The highest BCUT2D eigenvalue weighted by atomic mass is 35.5. The van der Waals surface area contributed by atoms with Crippen LogP contribution >= 0.6 is 23.2 Å². The van der Waals surface area contributed by atoms with Crippen molar-refractivity contribution in [2.75, 3.05) is 11.9 Å². The van der Waals surface area contributed by atoms with Crippen molar-refractivity contribution in [2.45, 2.75) is 44.8 Å². The molecule has 5 aromatic carbocycles. The number of rotatable bonds is 12. The zero-order valence-electron chi connectivity index (χ0n) is 29.4. The summed E-state index contributed by atoms with van der Waals surface area (Å²) in [5.74, 6) is -2.39. The van der Waals surface area contributed by atoms with Crippen molar-refractivity contribution in [3.05, 3.63) is 147 Å². The first-order valence-electron chi connectivity index (χ1n) is 17.0. The number of ketones is 1. The fraction of sp³-hybridized carbons (Fsp3) is 0.195. The summed E-state index contributed by atoms with van der Waals surface area (Å²) in [6.45, 7) is 4.39. The van der Waals surface area contributed by atoms with E-state index in [0.29, 0.717) is 34.5 Å². The van der Waals surface area contributed by atoms with Gasteiger partial charge in [-0.15, -0.1) is 0 Å². The summed E-state index contributed by atoms with van der Waals surface area (Å²) in [7, 11) is -4.40. The molecule has 2 N–H and O–H groups in total. The molecule has 0 radical (unpaired) electrons. The number of carbonyl (C=O) groups is 3. The van der Waals surface area contributed by atoms with Gasteiger partial charge in [0.15, 0.2) is 5.75 Å². The molecule has 0 fully saturated rings. The largest absolute Gasteiger partial charge is 0.505 e. The topological polar surface area (TPSA) is 124 Å². The Morgan fingerprint density at radius 2 is 1.46 bits per heavy atom. The number of nitrogens with zero attached hydrogens (tertiary/aromatic N) is 2. The first-order valence-corrected chi connectivity index (χ1v) is 19.2. The summed E-state index contributed by atoms with van der Waals surface area (Å²) < 4.78 is 43.3. The third-order valence-corrected chi connectivity index (χ3v) is 11.2. The Bertz CT molecular complexity index is 2350. The van der Waals surface area contributed by atoms with E-state index in [2.05, 4.69) is 5.32 Å². The Morgan fingerprint density at radius 3 is 2.13 bits per heavy atom. The first-order chi connectivity index (χ1) is 25.7.